The van der Waals surface area contributed by atoms with Gasteiger partial charge in [0, 0.05) is 0 Å². The Hall–Kier alpha value is -1.98. The number of hydrogen-bond donors (Lipinski definition) is 2. The number of halogens is 2. The molecular formula is C16H18F2N2O. The molecule has 0 aromatic heterocycles. The zero-order chi connectivity index (χ0) is 15.4. The van der Waals surface area contributed by atoms with E-state index in [-0.39, 0.29) is 11.8 Å². The largest absolute Gasteiger partial charge is 0.435 e. The van der Waals surface area contributed by atoms with Gasteiger partial charge in [0.1, 0.15) is 5.75 Å². The van der Waals surface area contributed by atoms with Gasteiger partial charge in [-0.15, -0.1) is 0 Å². The first kappa shape index (κ1) is 15.4. The highest BCUT2D eigenvalue weighted by Gasteiger charge is 2.14. The Labute approximate surface area is 122 Å². The third kappa shape index (κ3) is 4.00. The van der Waals surface area contributed by atoms with Crippen LogP contribution in [0.25, 0.3) is 0 Å². The number of rotatable bonds is 5. The van der Waals surface area contributed by atoms with Gasteiger partial charge in [0.15, 0.2) is 0 Å². The van der Waals surface area contributed by atoms with Crippen LogP contribution in [-0.4, -0.2) is 6.61 Å². The van der Waals surface area contributed by atoms with Crippen LogP contribution in [0.15, 0.2) is 42.5 Å². The Bertz CT molecular complexity index is 597. The second-order valence-electron chi connectivity index (χ2n) is 4.97. The number of ether oxygens (including phenoxy) is 1. The molecule has 2 rings (SSSR count). The molecule has 0 aliphatic heterocycles. The third-order valence-corrected chi connectivity index (χ3v) is 3.16. The van der Waals surface area contributed by atoms with Crippen molar-refractivity contribution in [1.82, 2.24) is 5.43 Å². The van der Waals surface area contributed by atoms with Crippen LogP contribution in [0.5, 0.6) is 5.75 Å². The molecule has 0 radical (unpaired) electrons. The number of nitrogens with one attached hydrogen (secondary N) is 1. The predicted molar refractivity (Wildman–Crippen MR) is 78.2 cm³/mol. The zero-order valence-corrected chi connectivity index (χ0v) is 11.9. The molecule has 5 heteroatoms. The molecule has 112 valence electrons. The van der Waals surface area contributed by atoms with E-state index in [1.54, 1.807) is 12.1 Å². The molecule has 0 spiro atoms. The Balaban J connectivity index is 2.36. The SMILES string of the molecule is Cc1cc(C)cc(C(NN)c2cccc(OC(F)F)c2)c1. The normalized spacial score (nSPS) is 12.5. The Morgan fingerprint density at radius 2 is 1.67 bits per heavy atom. The fraction of sp³-hybridized carbons (Fsp3) is 0.250. The van der Waals surface area contributed by atoms with Crippen molar-refractivity contribution in [1.29, 1.82) is 0 Å². The summed E-state index contributed by atoms with van der Waals surface area (Å²) in [6.07, 6.45) is 0. The van der Waals surface area contributed by atoms with Crippen molar-refractivity contribution < 1.29 is 13.5 Å². The topological polar surface area (TPSA) is 47.3 Å². The monoisotopic (exact) mass is 292 g/mol. The lowest BCUT2D eigenvalue weighted by atomic mass is 9.96. The van der Waals surface area contributed by atoms with E-state index < -0.39 is 6.61 Å². The maximum absolute atomic E-state index is 12.3. The summed E-state index contributed by atoms with van der Waals surface area (Å²) in [5.41, 5.74) is 6.70. The molecule has 0 aliphatic rings. The van der Waals surface area contributed by atoms with E-state index in [0.29, 0.717) is 0 Å². The Kier molecular flexibility index (Phi) is 4.88. The first-order chi connectivity index (χ1) is 9.99. The lowest BCUT2D eigenvalue weighted by Crippen LogP contribution is -2.29. The van der Waals surface area contributed by atoms with E-state index in [0.717, 1.165) is 22.3 Å². The van der Waals surface area contributed by atoms with Gasteiger partial charge in [0.2, 0.25) is 0 Å². The van der Waals surface area contributed by atoms with Crippen LogP contribution in [0.4, 0.5) is 8.78 Å². The van der Waals surface area contributed by atoms with Gasteiger partial charge >= 0.3 is 6.61 Å². The van der Waals surface area contributed by atoms with Crippen molar-refractivity contribution >= 4 is 0 Å². The highest BCUT2D eigenvalue weighted by Crippen LogP contribution is 2.26. The first-order valence-electron chi connectivity index (χ1n) is 6.58. The molecule has 2 aromatic carbocycles. The molecule has 21 heavy (non-hydrogen) atoms. The van der Waals surface area contributed by atoms with Crippen LogP contribution >= 0.6 is 0 Å². The van der Waals surface area contributed by atoms with Crippen molar-refractivity contribution in [3.63, 3.8) is 0 Å². The summed E-state index contributed by atoms with van der Waals surface area (Å²) in [5.74, 6) is 5.77. The molecule has 0 fully saturated rings. The van der Waals surface area contributed by atoms with Crippen LogP contribution in [0.1, 0.15) is 28.3 Å². The molecule has 0 saturated heterocycles. The maximum Gasteiger partial charge on any atom is 0.387 e. The zero-order valence-electron chi connectivity index (χ0n) is 11.9. The minimum atomic E-state index is -2.84. The Morgan fingerprint density at radius 3 is 2.24 bits per heavy atom. The summed E-state index contributed by atoms with van der Waals surface area (Å²) >= 11 is 0. The molecular weight excluding hydrogens is 274 g/mol. The number of hydrogen-bond acceptors (Lipinski definition) is 3. The molecule has 0 bridgehead atoms. The molecule has 3 nitrogen and oxygen atoms in total. The van der Waals surface area contributed by atoms with Gasteiger partial charge in [-0.1, -0.05) is 41.5 Å². The smallest absolute Gasteiger partial charge is 0.387 e. The quantitative estimate of drug-likeness (QED) is 0.655. The van der Waals surface area contributed by atoms with Crippen LogP contribution in [0.3, 0.4) is 0 Å². The van der Waals surface area contributed by atoms with Crippen molar-refractivity contribution in [2.75, 3.05) is 0 Å². The maximum atomic E-state index is 12.3. The minimum absolute atomic E-state index is 0.118. The average molecular weight is 292 g/mol. The summed E-state index contributed by atoms with van der Waals surface area (Å²) in [6, 6.07) is 12.3. The van der Waals surface area contributed by atoms with Gasteiger partial charge in [-0.05, 0) is 37.1 Å². The van der Waals surface area contributed by atoms with E-state index >= 15 is 0 Å². The molecule has 0 heterocycles. The van der Waals surface area contributed by atoms with Gasteiger partial charge in [-0.25, -0.2) is 5.43 Å². The van der Waals surface area contributed by atoms with Crippen LogP contribution in [-0.2, 0) is 0 Å². The second-order valence-corrected chi connectivity index (χ2v) is 4.97. The van der Waals surface area contributed by atoms with E-state index in [4.69, 9.17) is 5.84 Å². The summed E-state index contributed by atoms with van der Waals surface area (Å²) < 4.78 is 29.0. The van der Waals surface area contributed by atoms with E-state index in [9.17, 15) is 8.78 Å². The lowest BCUT2D eigenvalue weighted by Gasteiger charge is -2.19. The summed E-state index contributed by atoms with van der Waals surface area (Å²) in [5, 5.41) is 0. The van der Waals surface area contributed by atoms with Crippen molar-refractivity contribution in [2.24, 2.45) is 5.84 Å². The van der Waals surface area contributed by atoms with Crippen LogP contribution < -0.4 is 16.0 Å². The summed E-state index contributed by atoms with van der Waals surface area (Å²) in [4.78, 5) is 0. The first-order valence-corrected chi connectivity index (χ1v) is 6.58. The molecule has 0 aliphatic carbocycles. The predicted octanol–water partition coefficient (Wildman–Crippen LogP) is 3.46. The van der Waals surface area contributed by atoms with Gasteiger partial charge in [0.05, 0.1) is 6.04 Å². The second kappa shape index (κ2) is 6.65. The fourth-order valence-corrected chi connectivity index (χ4v) is 2.43. The summed E-state index contributed by atoms with van der Waals surface area (Å²) in [6.45, 7) is 1.16. The standard InChI is InChI=1S/C16H18F2N2O/c1-10-6-11(2)8-13(7-10)15(20-19)12-4-3-5-14(9-12)21-16(17)18/h3-9,15-16,20H,19H2,1-2H3. The van der Waals surface area contributed by atoms with E-state index in [1.807, 2.05) is 32.0 Å². The fourth-order valence-electron chi connectivity index (χ4n) is 2.43. The van der Waals surface area contributed by atoms with Crippen molar-refractivity contribution in [3.8, 4) is 5.75 Å². The Morgan fingerprint density at radius 1 is 1.00 bits per heavy atom. The molecule has 1 atom stereocenters. The number of nitrogens with two attached hydrogens (primary N) is 1. The average Bonchev–Trinajstić information content (AvgIpc) is 2.38. The van der Waals surface area contributed by atoms with E-state index in [1.165, 1.54) is 6.07 Å². The lowest BCUT2D eigenvalue weighted by molar-refractivity contribution is -0.0498. The van der Waals surface area contributed by atoms with Gasteiger partial charge in [-0.3, -0.25) is 5.84 Å². The molecule has 3 N–H and O–H groups in total. The van der Waals surface area contributed by atoms with Gasteiger partial charge in [0.25, 0.3) is 0 Å². The minimum Gasteiger partial charge on any atom is -0.435 e. The van der Waals surface area contributed by atoms with Crippen molar-refractivity contribution in [3.05, 3.63) is 64.7 Å². The van der Waals surface area contributed by atoms with E-state index in [2.05, 4.69) is 16.2 Å². The number of aryl methyl sites for hydroxylation is 2. The highest BCUT2D eigenvalue weighted by atomic mass is 19.3. The number of hydrazine groups is 1. The van der Waals surface area contributed by atoms with Crippen molar-refractivity contribution in [2.45, 2.75) is 26.5 Å². The van der Waals surface area contributed by atoms with Crippen LogP contribution in [0.2, 0.25) is 0 Å². The third-order valence-electron chi connectivity index (χ3n) is 3.16. The molecule has 0 amide bonds. The van der Waals surface area contributed by atoms with Crippen LogP contribution in [0, 0.1) is 13.8 Å². The molecule has 2 aromatic rings. The van der Waals surface area contributed by atoms with Gasteiger partial charge < -0.3 is 4.74 Å². The number of benzene rings is 2. The number of alkyl halides is 2. The summed E-state index contributed by atoms with van der Waals surface area (Å²) in [7, 11) is 0. The van der Waals surface area contributed by atoms with Gasteiger partial charge in [-0.2, -0.15) is 8.78 Å². The molecule has 0 saturated carbocycles. The molecule has 1 unspecified atom stereocenters. The highest BCUT2D eigenvalue weighted by molar-refractivity contribution is 5.39.